The van der Waals surface area contributed by atoms with Gasteiger partial charge in [0.2, 0.25) is 5.91 Å². The van der Waals surface area contributed by atoms with E-state index in [0.717, 1.165) is 0 Å². The van der Waals surface area contributed by atoms with Crippen molar-refractivity contribution in [1.82, 2.24) is 5.32 Å². The first kappa shape index (κ1) is 13.4. The summed E-state index contributed by atoms with van der Waals surface area (Å²) in [7, 11) is -3.91. The monoisotopic (exact) mass is 234 g/mol. The molecule has 0 spiro atoms. The van der Waals surface area contributed by atoms with E-state index in [0.29, 0.717) is 0 Å². The smallest absolute Gasteiger partial charge is 0.318 e. The molecule has 0 aliphatic heterocycles. The van der Waals surface area contributed by atoms with Crippen molar-refractivity contribution in [1.29, 1.82) is 5.26 Å². The normalized spacial score (nSPS) is 10.3. The standard InChI is InChI=1S/C7H10N2O5S/c8-2-1-3-9-6(10)4-15(13,14)5-7(11)12/h1,3-5H2,(H,9,10)(H,11,12). The summed E-state index contributed by atoms with van der Waals surface area (Å²) in [5, 5.41) is 18.5. The molecule has 0 bridgehead atoms. The first-order valence-corrected chi connectivity index (χ1v) is 5.75. The number of sulfone groups is 1. The van der Waals surface area contributed by atoms with Crippen molar-refractivity contribution >= 4 is 21.7 Å². The van der Waals surface area contributed by atoms with Gasteiger partial charge in [-0.05, 0) is 0 Å². The van der Waals surface area contributed by atoms with Crippen molar-refractivity contribution < 1.29 is 23.1 Å². The second-order valence-corrected chi connectivity index (χ2v) is 4.75. The van der Waals surface area contributed by atoms with E-state index in [4.69, 9.17) is 10.4 Å². The Bertz CT molecular complexity index is 381. The molecule has 0 aromatic rings. The zero-order valence-electron chi connectivity index (χ0n) is 7.76. The molecule has 0 aliphatic carbocycles. The van der Waals surface area contributed by atoms with E-state index in [1.165, 1.54) is 0 Å². The summed E-state index contributed by atoms with van der Waals surface area (Å²) in [5.74, 6) is -4.24. The van der Waals surface area contributed by atoms with Crippen LogP contribution in [0.4, 0.5) is 0 Å². The number of aliphatic carboxylic acids is 1. The molecule has 8 heteroatoms. The molecule has 0 heterocycles. The summed E-state index contributed by atoms with van der Waals surface area (Å²) in [5.41, 5.74) is 0. The molecule has 0 atom stereocenters. The van der Waals surface area contributed by atoms with Gasteiger partial charge in [-0.1, -0.05) is 0 Å². The van der Waals surface area contributed by atoms with Gasteiger partial charge in [0.1, 0.15) is 11.5 Å². The van der Waals surface area contributed by atoms with Gasteiger partial charge in [-0.15, -0.1) is 0 Å². The van der Waals surface area contributed by atoms with E-state index >= 15 is 0 Å². The van der Waals surface area contributed by atoms with Crippen LogP contribution >= 0.6 is 0 Å². The number of nitriles is 1. The maximum absolute atomic E-state index is 11.0. The minimum absolute atomic E-state index is 0.0535. The molecule has 0 unspecified atom stereocenters. The largest absolute Gasteiger partial charge is 0.480 e. The Morgan fingerprint density at radius 1 is 1.33 bits per heavy atom. The molecule has 1 amide bonds. The summed E-state index contributed by atoms with van der Waals surface area (Å²) in [6.07, 6.45) is 0.0741. The maximum atomic E-state index is 11.0. The van der Waals surface area contributed by atoms with Crippen molar-refractivity contribution in [2.24, 2.45) is 0 Å². The van der Waals surface area contributed by atoms with Gasteiger partial charge in [0, 0.05) is 6.54 Å². The number of carbonyl (C=O) groups is 2. The molecule has 84 valence electrons. The van der Waals surface area contributed by atoms with E-state index in [2.05, 4.69) is 5.32 Å². The molecular weight excluding hydrogens is 224 g/mol. The number of nitrogens with one attached hydrogen (secondary N) is 1. The summed E-state index contributed by atoms with van der Waals surface area (Å²) < 4.78 is 22.0. The van der Waals surface area contributed by atoms with E-state index < -0.39 is 33.2 Å². The summed E-state index contributed by atoms with van der Waals surface area (Å²) >= 11 is 0. The Kier molecular flexibility index (Phi) is 5.33. The fourth-order valence-corrected chi connectivity index (χ4v) is 1.73. The van der Waals surface area contributed by atoms with Crippen molar-refractivity contribution in [3.8, 4) is 6.07 Å². The first-order valence-electron chi connectivity index (χ1n) is 3.93. The molecule has 2 N–H and O–H groups in total. The third-order valence-electron chi connectivity index (χ3n) is 1.25. The molecule has 0 aromatic heterocycles. The van der Waals surface area contributed by atoms with Gasteiger partial charge >= 0.3 is 5.97 Å². The first-order chi connectivity index (χ1) is 6.87. The highest BCUT2D eigenvalue weighted by atomic mass is 32.2. The number of rotatable bonds is 6. The molecule has 15 heavy (non-hydrogen) atoms. The zero-order valence-corrected chi connectivity index (χ0v) is 8.58. The van der Waals surface area contributed by atoms with Gasteiger partial charge in [-0.2, -0.15) is 5.26 Å². The van der Waals surface area contributed by atoms with Gasteiger partial charge in [0.25, 0.3) is 0 Å². The fraction of sp³-hybridized carbons (Fsp3) is 0.571. The highest BCUT2D eigenvalue weighted by molar-refractivity contribution is 7.92. The quantitative estimate of drug-likeness (QED) is 0.540. The highest BCUT2D eigenvalue weighted by Gasteiger charge is 2.19. The summed E-state index contributed by atoms with van der Waals surface area (Å²) in [6, 6.07) is 1.76. The van der Waals surface area contributed by atoms with E-state index in [1.807, 2.05) is 0 Å². The average molecular weight is 234 g/mol. The van der Waals surface area contributed by atoms with Crippen molar-refractivity contribution in [2.75, 3.05) is 18.1 Å². The number of hydrogen-bond acceptors (Lipinski definition) is 5. The predicted molar refractivity (Wildman–Crippen MR) is 49.5 cm³/mol. The zero-order chi connectivity index (χ0) is 11.9. The molecule has 0 rings (SSSR count). The number of carbonyl (C=O) groups excluding carboxylic acids is 1. The Labute approximate surface area is 86.6 Å². The van der Waals surface area contributed by atoms with Crippen LogP contribution in [0.5, 0.6) is 0 Å². The number of hydrogen-bond donors (Lipinski definition) is 2. The van der Waals surface area contributed by atoms with Gasteiger partial charge in [-0.25, -0.2) is 8.42 Å². The maximum Gasteiger partial charge on any atom is 0.318 e. The third-order valence-corrected chi connectivity index (χ3v) is 2.64. The van der Waals surface area contributed by atoms with Gasteiger partial charge in [0.15, 0.2) is 9.84 Å². The molecule has 0 fully saturated rings. The Morgan fingerprint density at radius 3 is 2.40 bits per heavy atom. The van der Waals surface area contributed by atoms with Crippen LogP contribution in [0.25, 0.3) is 0 Å². The van der Waals surface area contributed by atoms with E-state index in [1.54, 1.807) is 6.07 Å². The van der Waals surface area contributed by atoms with Crippen LogP contribution in [0.2, 0.25) is 0 Å². The predicted octanol–water partition coefficient (Wildman–Crippen LogP) is -1.48. The molecule has 7 nitrogen and oxygen atoms in total. The van der Waals surface area contributed by atoms with Crippen LogP contribution in [0.1, 0.15) is 6.42 Å². The SMILES string of the molecule is N#CCCNC(=O)CS(=O)(=O)CC(=O)O. The van der Waals surface area contributed by atoms with Gasteiger partial charge in [-0.3, -0.25) is 9.59 Å². The van der Waals surface area contributed by atoms with Crippen LogP contribution in [0.3, 0.4) is 0 Å². The topological polar surface area (TPSA) is 124 Å². The number of amides is 1. The van der Waals surface area contributed by atoms with Gasteiger partial charge < -0.3 is 10.4 Å². The molecule has 0 saturated heterocycles. The highest BCUT2D eigenvalue weighted by Crippen LogP contribution is 1.90. The number of carboxylic acids is 1. The Morgan fingerprint density at radius 2 is 1.93 bits per heavy atom. The molecule has 0 radical (unpaired) electrons. The van der Waals surface area contributed by atoms with Crippen LogP contribution in [0.15, 0.2) is 0 Å². The van der Waals surface area contributed by atoms with E-state index in [9.17, 15) is 18.0 Å². The lowest BCUT2D eigenvalue weighted by atomic mass is 10.4. The molecule has 0 saturated carbocycles. The minimum atomic E-state index is -3.91. The minimum Gasteiger partial charge on any atom is -0.480 e. The lowest BCUT2D eigenvalue weighted by Crippen LogP contribution is -2.33. The summed E-state index contributed by atoms with van der Waals surface area (Å²) in [4.78, 5) is 21.0. The average Bonchev–Trinajstić information content (AvgIpc) is 2.00. The number of nitrogens with zero attached hydrogens (tertiary/aromatic N) is 1. The van der Waals surface area contributed by atoms with Crippen molar-refractivity contribution in [3.05, 3.63) is 0 Å². The fourth-order valence-electron chi connectivity index (χ4n) is 0.748. The third kappa shape index (κ3) is 7.45. The molecular formula is C7H10N2O5S. The number of carboxylic acid groups (broad SMARTS) is 1. The van der Waals surface area contributed by atoms with Crippen LogP contribution in [0, 0.1) is 11.3 Å². The molecule has 0 aromatic carbocycles. The summed E-state index contributed by atoms with van der Waals surface area (Å²) in [6.45, 7) is 0.0535. The van der Waals surface area contributed by atoms with Crippen LogP contribution in [-0.4, -0.2) is 43.5 Å². The Balaban J connectivity index is 4.07. The lowest BCUT2D eigenvalue weighted by Gasteiger charge is -2.02. The van der Waals surface area contributed by atoms with Crippen LogP contribution in [-0.2, 0) is 19.4 Å². The Hall–Kier alpha value is -1.62. The van der Waals surface area contributed by atoms with E-state index in [-0.39, 0.29) is 13.0 Å². The second kappa shape index (κ2) is 5.98. The molecule has 0 aliphatic rings. The lowest BCUT2D eigenvalue weighted by molar-refractivity contribution is -0.134. The second-order valence-electron chi connectivity index (χ2n) is 2.68. The van der Waals surface area contributed by atoms with Crippen molar-refractivity contribution in [3.63, 3.8) is 0 Å². The van der Waals surface area contributed by atoms with Crippen LogP contribution < -0.4 is 5.32 Å². The van der Waals surface area contributed by atoms with Crippen molar-refractivity contribution in [2.45, 2.75) is 6.42 Å². The van der Waals surface area contributed by atoms with Gasteiger partial charge in [0.05, 0.1) is 12.5 Å².